The maximum atomic E-state index is 12.2. The lowest BCUT2D eigenvalue weighted by Crippen LogP contribution is -2.39. The third-order valence-electron chi connectivity index (χ3n) is 3.76. The molecule has 1 saturated heterocycles. The van der Waals surface area contributed by atoms with Gasteiger partial charge in [0.15, 0.2) is 0 Å². The molecule has 0 saturated carbocycles. The Kier molecular flexibility index (Phi) is 6.32. The molecular formula is C15H23ClN2O. The van der Waals surface area contributed by atoms with E-state index in [9.17, 15) is 4.79 Å². The first-order valence-corrected chi connectivity index (χ1v) is 6.75. The van der Waals surface area contributed by atoms with Crippen molar-refractivity contribution in [3.05, 3.63) is 35.4 Å². The van der Waals surface area contributed by atoms with Gasteiger partial charge in [0.2, 0.25) is 5.91 Å². The van der Waals surface area contributed by atoms with Crippen LogP contribution < -0.4 is 5.32 Å². The molecule has 1 fully saturated rings. The summed E-state index contributed by atoms with van der Waals surface area (Å²) >= 11 is 0. The van der Waals surface area contributed by atoms with E-state index in [1.165, 1.54) is 5.56 Å². The fourth-order valence-electron chi connectivity index (χ4n) is 2.37. The van der Waals surface area contributed by atoms with Gasteiger partial charge in [0.1, 0.15) is 0 Å². The summed E-state index contributed by atoms with van der Waals surface area (Å²) in [5, 5.41) is 3.29. The van der Waals surface area contributed by atoms with E-state index in [1.807, 2.05) is 11.9 Å². The molecule has 106 valence electrons. The minimum absolute atomic E-state index is 0. The Bertz CT molecular complexity index is 399. The van der Waals surface area contributed by atoms with E-state index in [0.29, 0.717) is 12.5 Å². The van der Waals surface area contributed by atoms with E-state index >= 15 is 0 Å². The molecule has 1 amide bonds. The standard InChI is InChI=1S/C15H22N2O.ClH/c1-3-12-4-6-13(7-5-12)10-15(18)17(2)14-8-9-16-11-14;/h4-7,14,16H,3,8-11H2,1-2H3;1H. The molecule has 1 aliphatic rings. The van der Waals surface area contributed by atoms with E-state index in [4.69, 9.17) is 0 Å². The Morgan fingerprint density at radius 2 is 1.95 bits per heavy atom. The van der Waals surface area contributed by atoms with Crippen LogP contribution >= 0.6 is 12.4 Å². The zero-order chi connectivity index (χ0) is 13.0. The SMILES string of the molecule is CCc1ccc(CC(=O)N(C)C2CCNC2)cc1.Cl. The monoisotopic (exact) mass is 282 g/mol. The molecule has 4 heteroatoms. The number of nitrogens with zero attached hydrogens (tertiary/aromatic N) is 1. The second-order valence-corrected chi connectivity index (χ2v) is 5.00. The molecule has 1 aromatic rings. The summed E-state index contributed by atoms with van der Waals surface area (Å²) in [6.45, 7) is 4.09. The van der Waals surface area contributed by atoms with Crippen LogP contribution in [-0.2, 0) is 17.6 Å². The van der Waals surface area contributed by atoms with Crippen molar-refractivity contribution in [2.75, 3.05) is 20.1 Å². The van der Waals surface area contributed by atoms with Crippen LogP contribution in [0.15, 0.2) is 24.3 Å². The van der Waals surface area contributed by atoms with Gasteiger partial charge in [0.05, 0.1) is 6.42 Å². The molecule has 0 aliphatic carbocycles. The van der Waals surface area contributed by atoms with Gasteiger partial charge in [-0.05, 0) is 30.5 Å². The summed E-state index contributed by atoms with van der Waals surface area (Å²) in [4.78, 5) is 14.0. The van der Waals surface area contributed by atoms with Gasteiger partial charge in [0.25, 0.3) is 0 Å². The average molecular weight is 283 g/mol. The van der Waals surface area contributed by atoms with Crippen LogP contribution in [0.5, 0.6) is 0 Å². The normalized spacial score (nSPS) is 17.9. The highest BCUT2D eigenvalue weighted by Crippen LogP contribution is 2.10. The van der Waals surface area contributed by atoms with Gasteiger partial charge in [0, 0.05) is 19.6 Å². The molecule has 1 atom stereocenters. The minimum atomic E-state index is 0. The van der Waals surface area contributed by atoms with Crippen molar-refractivity contribution >= 4 is 18.3 Å². The van der Waals surface area contributed by atoms with Crippen LogP contribution in [0.3, 0.4) is 0 Å². The van der Waals surface area contributed by atoms with Crippen LogP contribution in [0.25, 0.3) is 0 Å². The molecule has 1 unspecified atom stereocenters. The Morgan fingerprint density at radius 1 is 1.32 bits per heavy atom. The number of carbonyl (C=O) groups is 1. The van der Waals surface area contributed by atoms with Crippen LogP contribution in [0.4, 0.5) is 0 Å². The summed E-state index contributed by atoms with van der Waals surface area (Å²) < 4.78 is 0. The Morgan fingerprint density at radius 3 is 2.47 bits per heavy atom. The number of halogens is 1. The van der Waals surface area contributed by atoms with Crippen molar-refractivity contribution in [1.29, 1.82) is 0 Å². The second kappa shape index (κ2) is 7.51. The van der Waals surface area contributed by atoms with Crippen molar-refractivity contribution in [2.24, 2.45) is 0 Å². The van der Waals surface area contributed by atoms with Crippen molar-refractivity contribution in [2.45, 2.75) is 32.2 Å². The van der Waals surface area contributed by atoms with E-state index in [2.05, 4.69) is 36.5 Å². The van der Waals surface area contributed by atoms with Gasteiger partial charge >= 0.3 is 0 Å². The average Bonchev–Trinajstić information content (AvgIpc) is 2.92. The largest absolute Gasteiger partial charge is 0.341 e. The van der Waals surface area contributed by atoms with Crippen LogP contribution in [-0.4, -0.2) is 37.0 Å². The maximum Gasteiger partial charge on any atom is 0.227 e. The lowest BCUT2D eigenvalue weighted by Gasteiger charge is -2.23. The highest BCUT2D eigenvalue weighted by Gasteiger charge is 2.22. The van der Waals surface area contributed by atoms with Gasteiger partial charge in [-0.2, -0.15) is 0 Å². The Labute approximate surface area is 121 Å². The van der Waals surface area contributed by atoms with Crippen molar-refractivity contribution in [3.63, 3.8) is 0 Å². The first-order chi connectivity index (χ1) is 8.70. The van der Waals surface area contributed by atoms with Crippen molar-refractivity contribution < 1.29 is 4.79 Å². The van der Waals surface area contributed by atoms with Crippen molar-refractivity contribution in [3.8, 4) is 0 Å². The molecule has 1 aliphatic heterocycles. The van der Waals surface area contributed by atoms with E-state index < -0.39 is 0 Å². The summed E-state index contributed by atoms with van der Waals surface area (Å²) in [5.41, 5.74) is 2.43. The number of aryl methyl sites for hydroxylation is 1. The number of benzene rings is 1. The summed E-state index contributed by atoms with van der Waals surface area (Å²) in [6.07, 6.45) is 2.62. The van der Waals surface area contributed by atoms with Crippen LogP contribution in [0, 0.1) is 0 Å². The molecule has 0 bridgehead atoms. The molecule has 2 rings (SSSR count). The number of amides is 1. The van der Waals surface area contributed by atoms with E-state index in [-0.39, 0.29) is 18.3 Å². The zero-order valence-electron chi connectivity index (χ0n) is 11.7. The number of likely N-dealkylation sites (N-methyl/N-ethyl adjacent to an activating group) is 1. The Balaban J connectivity index is 0.00000180. The van der Waals surface area contributed by atoms with Gasteiger partial charge in [-0.3, -0.25) is 4.79 Å². The lowest BCUT2D eigenvalue weighted by atomic mass is 10.1. The molecule has 0 aromatic heterocycles. The number of hydrogen-bond donors (Lipinski definition) is 1. The van der Waals surface area contributed by atoms with Crippen LogP contribution in [0.1, 0.15) is 24.5 Å². The smallest absolute Gasteiger partial charge is 0.227 e. The molecule has 1 aromatic carbocycles. The molecule has 1 heterocycles. The first kappa shape index (κ1) is 16.0. The third kappa shape index (κ3) is 4.22. The second-order valence-electron chi connectivity index (χ2n) is 5.00. The minimum Gasteiger partial charge on any atom is -0.341 e. The highest BCUT2D eigenvalue weighted by atomic mass is 35.5. The molecule has 0 radical (unpaired) electrons. The summed E-state index contributed by atoms with van der Waals surface area (Å²) in [5.74, 6) is 0.216. The molecule has 1 N–H and O–H groups in total. The molecular weight excluding hydrogens is 260 g/mol. The number of hydrogen-bond acceptors (Lipinski definition) is 2. The van der Waals surface area contributed by atoms with Crippen molar-refractivity contribution in [1.82, 2.24) is 10.2 Å². The fourth-order valence-corrected chi connectivity index (χ4v) is 2.37. The van der Waals surface area contributed by atoms with Gasteiger partial charge < -0.3 is 10.2 Å². The van der Waals surface area contributed by atoms with E-state index in [1.54, 1.807) is 0 Å². The topological polar surface area (TPSA) is 32.3 Å². The van der Waals surface area contributed by atoms with E-state index in [0.717, 1.165) is 31.5 Å². The quantitative estimate of drug-likeness (QED) is 0.917. The predicted molar refractivity (Wildman–Crippen MR) is 80.8 cm³/mol. The number of nitrogens with one attached hydrogen (secondary N) is 1. The molecule has 3 nitrogen and oxygen atoms in total. The summed E-state index contributed by atoms with van der Waals surface area (Å²) in [7, 11) is 1.92. The maximum absolute atomic E-state index is 12.2. The summed E-state index contributed by atoms with van der Waals surface area (Å²) in [6, 6.07) is 8.72. The molecule has 19 heavy (non-hydrogen) atoms. The predicted octanol–water partition coefficient (Wildman–Crippen LogP) is 2.03. The zero-order valence-corrected chi connectivity index (χ0v) is 12.5. The van der Waals surface area contributed by atoms with Crippen LogP contribution in [0.2, 0.25) is 0 Å². The lowest BCUT2D eigenvalue weighted by molar-refractivity contribution is -0.130. The number of carbonyl (C=O) groups excluding carboxylic acids is 1. The van der Waals surface area contributed by atoms with Gasteiger partial charge in [-0.1, -0.05) is 31.2 Å². The fraction of sp³-hybridized carbons (Fsp3) is 0.533. The number of rotatable bonds is 4. The van der Waals surface area contributed by atoms with Gasteiger partial charge in [-0.15, -0.1) is 12.4 Å². The first-order valence-electron chi connectivity index (χ1n) is 6.75. The van der Waals surface area contributed by atoms with Gasteiger partial charge in [-0.25, -0.2) is 0 Å². The highest BCUT2D eigenvalue weighted by molar-refractivity contribution is 5.85. The third-order valence-corrected chi connectivity index (χ3v) is 3.76. The Hall–Kier alpha value is -1.06. The molecule has 0 spiro atoms.